The SMILES string of the molecule is N.O=C(O)O.O=C1CCCC1. The highest BCUT2D eigenvalue weighted by Crippen LogP contribution is 2.11. The van der Waals surface area contributed by atoms with Crippen LogP contribution in [0.3, 0.4) is 0 Å². The van der Waals surface area contributed by atoms with Crippen LogP contribution in [0.25, 0.3) is 0 Å². The summed E-state index contributed by atoms with van der Waals surface area (Å²) in [6, 6.07) is 0. The van der Waals surface area contributed by atoms with Crippen LogP contribution in [0, 0.1) is 0 Å². The van der Waals surface area contributed by atoms with Gasteiger partial charge in [-0.05, 0) is 12.8 Å². The predicted molar refractivity (Wildman–Crippen MR) is 39.2 cm³/mol. The summed E-state index contributed by atoms with van der Waals surface area (Å²) in [6.07, 6.45) is 2.14. The molecule has 0 unspecified atom stereocenters. The lowest BCUT2D eigenvalue weighted by molar-refractivity contribution is -0.117. The highest BCUT2D eigenvalue weighted by atomic mass is 16.6. The number of carbonyl (C=O) groups is 2. The maximum atomic E-state index is 10.2. The van der Waals surface area contributed by atoms with Gasteiger partial charge < -0.3 is 16.4 Å². The Morgan fingerprint density at radius 2 is 1.45 bits per heavy atom. The Balaban J connectivity index is 0. The van der Waals surface area contributed by atoms with Gasteiger partial charge >= 0.3 is 6.16 Å². The minimum absolute atomic E-state index is 0. The summed E-state index contributed by atoms with van der Waals surface area (Å²) >= 11 is 0. The summed E-state index contributed by atoms with van der Waals surface area (Å²) in [4.78, 5) is 18.8. The molecule has 1 aliphatic rings. The molecule has 0 aromatic rings. The molecule has 0 aromatic heterocycles. The molecule has 0 aromatic carbocycles. The summed E-state index contributed by atoms with van der Waals surface area (Å²) in [5.41, 5.74) is 0. The molecule has 0 heterocycles. The number of ketones is 1. The van der Waals surface area contributed by atoms with Crippen LogP contribution < -0.4 is 6.15 Å². The van der Waals surface area contributed by atoms with Gasteiger partial charge in [-0.2, -0.15) is 0 Å². The molecule has 0 atom stereocenters. The van der Waals surface area contributed by atoms with Crippen molar-refractivity contribution in [3.05, 3.63) is 0 Å². The van der Waals surface area contributed by atoms with E-state index in [1.807, 2.05) is 0 Å². The molecule has 1 rings (SSSR count). The first-order valence-corrected chi connectivity index (χ1v) is 3.06. The molecule has 5 N–H and O–H groups in total. The third kappa shape index (κ3) is 12.2. The fourth-order valence-electron chi connectivity index (χ4n) is 0.769. The number of carbonyl (C=O) groups excluding carboxylic acids is 1. The van der Waals surface area contributed by atoms with Crippen molar-refractivity contribution in [2.24, 2.45) is 0 Å². The fraction of sp³-hybridized carbons (Fsp3) is 0.667. The highest BCUT2D eigenvalue weighted by Gasteiger charge is 2.07. The number of carboxylic acid groups (broad SMARTS) is 2. The highest BCUT2D eigenvalue weighted by molar-refractivity contribution is 5.79. The second-order valence-electron chi connectivity index (χ2n) is 2.03. The van der Waals surface area contributed by atoms with Gasteiger partial charge in [0, 0.05) is 12.8 Å². The first kappa shape index (κ1) is 12.6. The van der Waals surface area contributed by atoms with E-state index in [0.717, 1.165) is 25.7 Å². The average molecular weight is 163 g/mol. The lowest BCUT2D eigenvalue weighted by atomic mass is 10.4. The van der Waals surface area contributed by atoms with Crippen LogP contribution in [-0.4, -0.2) is 22.2 Å². The van der Waals surface area contributed by atoms with Gasteiger partial charge in [-0.25, -0.2) is 4.79 Å². The normalized spacial score (nSPS) is 14.4. The van der Waals surface area contributed by atoms with Crippen molar-refractivity contribution >= 4 is 11.9 Å². The second kappa shape index (κ2) is 7.01. The third-order valence-corrected chi connectivity index (χ3v) is 1.16. The van der Waals surface area contributed by atoms with Gasteiger partial charge in [0.05, 0.1) is 0 Å². The molecule has 0 saturated heterocycles. The fourth-order valence-corrected chi connectivity index (χ4v) is 0.769. The quantitative estimate of drug-likeness (QED) is 0.501. The van der Waals surface area contributed by atoms with Crippen molar-refractivity contribution in [2.45, 2.75) is 25.7 Å². The van der Waals surface area contributed by atoms with Crippen molar-refractivity contribution in [3.63, 3.8) is 0 Å². The molecule has 0 amide bonds. The molecule has 66 valence electrons. The van der Waals surface area contributed by atoms with Crippen LogP contribution in [0.15, 0.2) is 0 Å². The van der Waals surface area contributed by atoms with Crippen LogP contribution in [0.1, 0.15) is 25.7 Å². The molecule has 0 spiro atoms. The van der Waals surface area contributed by atoms with Crippen molar-refractivity contribution in [1.82, 2.24) is 6.15 Å². The first-order valence-electron chi connectivity index (χ1n) is 3.06. The van der Waals surface area contributed by atoms with E-state index in [1.165, 1.54) is 0 Å². The van der Waals surface area contributed by atoms with Gasteiger partial charge in [0.25, 0.3) is 0 Å². The second-order valence-corrected chi connectivity index (χ2v) is 2.03. The Morgan fingerprint density at radius 3 is 1.55 bits per heavy atom. The molecule has 0 radical (unpaired) electrons. The molecule has 0 bridgehead atoms. The van der Waals surface area contributed by atoms with Crippen molar-refractivity contribution < 1.29 is 19.8 Å². The monoisotopic (exact) mass is 163 g/mol. The van der Waals surface area contributed by atoms with Crippen molar-refractivity contribution in [2.75, 3.05) is 0 Å². The number of Topliss-reactive ketones (excluding diaryl/α,β-unsaturated/α-hetero) is 1. The van der Waals surface area contributed by atoms with E-state index in [2.05, 4.69) is 0 Å². The zero-order chi connectivity index (χ0) is 7.98. The Bertz CT molecular complexity index is 123. The summed E-state index contributed by atoms with van der Waals surface area (Å²) in [6.45, 7) is 0. The summed E-state index contributed by atoms with van der Waals surface area (Å²) in [5.74, 6) is 0.454. The molecule has 11 heavy (non-hydrogen) atoms. The molecule has 5 heteroatoms. The van der Waals surface area contributed by atoms with E-state index in [1.54, 1.807) is 0 Å². The van der Waals surface area contributed by atoms with Crippen LogP contribution in [0.2, 0.25) is 0 Å². The van der Waals surface area contributed by atoms with Gasteiger partial charge in [0.1, 0.15) is 5.78 Å². The number of hydrogen-bond acceptors (Lipinski definition) is 3. The number of rotatable bonds is 0. The van der Waals surface area contributed by atoms with E-state index < -0.39 is 6.16 Å². The maximum absolute atomic E-state index is 10.2. The predicted octanol–water partition coefficient (Wildman–Crippen LogP) is 1.51. The number of hydrogen-bond donors (Lipinski definition) is 3. The summed E-state index contributed by atoms with van der Waals surface area (Å²) in [5, 5.41) is 13.9. The Labute approximate surface area is 64.6 Å². The Kier molecular flexibility index (Phi) is 8.01. The summed E-state index contributed by atoms with van der Waals surface area (Å²) in [7, 11) is 0. The van der Waals surface area contributed by atoms with E-state index in [4.69, 9.17) is 15.0 Å². The maximum Gasteiger partial charge on any atom is 0.503 e. The zero-order valence-electron chi connectivity index (χ0n) is 6.25. The minimum Gasteiger partial charge on any atom is -0.450 e. The van der Waals surface area contributed by atoms with E-state index in [-0.39, 0.29) is 6.15 Å². The molecule has 0 aliphatic heterocycles. The molecule has 1 saturated carbocycles. The largest absolute Gasteiger partial charge is 0.503 e. The first-order chi connectivity index (χ1) is 4.63. The standard InChI is InChI=1S/C5H8O.CH2O3.H3N/c6-5-3-1-2-4-5;2-1(3)4;/h1-4H2;(H2,2,3,4);1H3. The third-order valence-electron chi connectivity index (χ3n) is 1.16. The topological polar surface area (TPSA) is 110 Å². The van der Waals surface area contributed by atoms with Gasteiger partial charge in [-0.3, -0.25) is 4.79 Å². The van der Waals surface area contributed by atoms with Crippen LogP contribution in [0.4, 0.5) is 4.79 Å². The van der Waals surface area contributed by atoms with E-state index >= 15 is 0 Å². The Morgan fingerprint density at radius 1 is 1.18 bits per heavy atom. The van der Waals surface area contributed by atoms with Crippen molar-refractivity contribution in [1.29, 1.82) is 0 Å². The molecule has 1 fully saturated rings. The van der Waals surface area contributed by atoms with Crippen molar-refractivity contribution in [3.8, 4) is 0 Å². The van der Waals surface area contributed by atoms with E-state index in [0.29, 0.717) is 5.78 Å². The molecular formula is C6H13NO4. The minimum atomic E-state index is -1.83. The van der Waals surface area contributed by atoms with Gasteiger partial charge in [0.15, 0.2) is 0 Å². The van der Waals surface area contributed by atoms with E-state index in [9.17, 15) is 4.79 Å². The van der Waals surface area contributed by atoms with Gasteiger partial charge in [-0.15, -0.1) is 0 Å². The summed E-state index contributed by atoms with van der Waals surface area (Å²) < 4.78 is 0. The molecule has 5 nitrogen and oxygen atoms in total. The lowest BCUT2D eigenvalue weighted by Crippen LogP contribution is -1.81. The van der Waals surface area contributed by atoms with Gasteiger partial charge in [0.2, 0.25) is 0 Å². The molecular weight excluding hydrogens is 150 g/mol. The van der Waals surface area contributed by atoms with Crippen LogP contribution in [-0.2, 0) is 4.79 Å². The van der Waals surface area contributed by atoms with Crippen LogP contribution >= 0.6 is 0 Å². The molecule has 1 aliphatic carbocycles. The average Bonchev–Trinajstić information content (AvgIpc) is 2.15. The Hall–Kier alpha value is -1.10. The van der Waals surface area contributed by atoms with Crippen LogP contribution in [0.5, 0.6) is 0 Å². The smallest absolute Gasteiger partial charge is 0.450 e. The zero-order valence-corrected chi connectivity index (χ0v) is 6.25. The van der Waals surface area contributed by atoms with Gasteiger partial charge in [-0.1, -0.05) is 0 Å². The lowest BCUT2D eigenvalue weighted by Gasteiger charge is -1.71.